The molecule has 2 atom stereocenters. The van der Waals surface area contributed by atoms with Crippen molar-refractivity contribution >= 4 is 29.1 Å². The van der Waals surface area contributed by atoms with Gasteiger partial charge in [0.1, 0.15) is 11.6 Å². The molecule has 3 aromatic carbocycles. The number of benzene rings is 3. The van der Waals surface area contributed by atoms with Crippen molar-refractivity contribution < 1.29 is 28.2 Å². The summed E-state index contributed by atoms with van der Waals surface area (Å²) in [6.45, 7) is 0. The summed E-state index contributed by atoms with van der Waals surface area (Å²) in [5.74, 6) is -0.681. The number of methoxy groups -OCH3 is 3. The van der Waals surface area contributed by atoms with Gasteiger partial charge >= 0.3 is 0 Å². The zero-order chi connectivity index (χ0) is 25.3. The minimum atomic E-state index is -0.829. The molecule has 0 fully saturated rings. The molecule has 7 nitrogen and oxygen atoms in total. The summed E-state index contributed by atoms with van der Waals surface area (Å²) in [5, 5.41) is 2.71. The van der Waals surface area contributed by atoms with Gasteiger partial charge in [0.15, 0.2) is 11.5 Å². The van der Waals surface area contributed by atoms with Crippen LogP contribution in [0.25, 0.3) is 0 Å². The number of fused-ring (bicyclic) bond motifs is 1. The molecule has 182 valence electrons. The minimum Gasteiger partial charge on any atom is -0.497 e. The van der Waals surface area contributed by atoms with Crippen molar-refractivity contribution in [2.75, 3.05) is 33.7 Å². The van der Waals surface area contributed by atoms with Crippen molar-refractivity contribution in [1.82, 2.24) is 4.90 Å². The van der Waals surface area contributed by atoms with E-state index in [2.05, 4.69) is 5.32 Å². The van der Waals surface area contributed by atoms with E-state index in [1.807, 2.05) is 12.1 Å². The molecule has 0 saturated carbocycles. The van der Waals surface area contributed by atoms with Gasteiger partial charge in [0, 0.05) is 18.3 Å². The Bertz CT molecular complexity index is 1280. The number of nitrogens with one attached hydrogen (secondary N) is 1. The Kier molecular flexibility index (Phi) is 6.84. The van der Waals surface area contributed by atoms with E-state index in [9.17, 15) is 14.0 Å². The smallest absolute Gasteiger partial charge is 0.254 e. The molecular weight excluding hydrogens is 475 g/mol. The minimum absolute atomic E-state index is 0.114. The molecule has 1 aliphatic rings. The Labute approximate surface area is 207 Å². The Morgan fingerprint density at radius 1 is 0.971 bits per heavy atom. The van der Waals surface area contributed by atoms with Gasteiger partial charge in [-0.2, -0.15) is 0 Å². The van der Waals surface area contributed by atoms with Crippen molar-refractivity contribution in [1.29, 1.82) is 0 Å². The second-order valence-electron chi connectivity index (χ2n) is 8.02. The topological polar surface area (TPSA) is 77.1 Å². The number of hydrogen-bond acceptors (Lipinski definition) is 5. The van der Waals surface area contributed by atoms with Crippen LogP contribution in [0.5, 0.6) is 17.2 Å². The fourth-order valence-electron chi connectivity index (χ4n) is 4.34. The van der Waals surface area contributed by atoms with E-state index in [1.54, 1.807) is 38.4 Å². The lowest BCUT2D eigenvalue weighted by atomic mass is 9.79. The fourth-order valence-corrected chi connectivity index (χ4v) is 4.52. The SMILES string of the molecule is COc1ccc([C@H]2[C@H](C(=O)Nc3ccc(F)c(Cl)c3)c3cc(OC)c(OC)cc3C(=O)N2C)cc1. The van der Waals surface area contributed by atoms with E-state index in [1.165, 1.54) is 37.3 Å². The van der Waals surface area contributed by atoms with Crippen LogP contribution in [-0.2, 0) is 4.79 Å². The van der Waals surface area contributed by atoms with Crippen LogP contribution in [0.4, 0.5) is 10.1 Å². The largest absolute Gasteiger partial charge is 0.497 e. The summed E-state index contributed by atoms with van der Waals surface area (Å²) in [6.07, 6.45) is 0. The zero-order valence-electron chi connectivity index (χ0n) is 19.6. The van der Waals surface area contributed by atoms with Crippen LogP contribution >= 0.6 is 11.6 Å². The summed E-state index contributed by atoms with van der Waals surface area (Å²) in [4.78, 5) is 28.7. The lowest BCUT2D eigenvalue weighted by molar-refractivity contribution is -0.119. The molecule has 0 bridgehead atoms. The monoisotopic (exact) mass is 498 g/mol. The molecule has 1 N–H and O–H groups in total. The first-order valence-corrected chi connectivity index (χ1v) is 11.1. The van der Waals surface area contributed by atoms with E-state index in [-0.39, 0.29) is 10.9 Å². The lowest BCUT2D eigenvalue weighted by Crippen LogP contribution is -2.44. The number of carbonyl (C=O) groups excluding carboxylic acids is 2. The van der Waals surface area contributed by atoms with Crippen molar-refractivity contribution in [3.05, 3.63) is 82.1 Å². The van der Waals surface area contributed by atoms with Gasteiger partial charge in [-0.15, -0.1) is 0 Å². The van der Waals surface area contributed by atoms with Gasteiger partial charge in [-0.25, -0.2) is 4.39 Å². The van der Waals surface area contributed by atoms with Crippen LogP contribution in [0.1, 0.15) is 33.4 Å². The van der Waals surface area contributed by atoms with E-state index < -0.39 is 23.7 Å². The first kappa shape index (κ1) is 24.3. The third-order valence-electron chi connectivity index (χ3n) is 6.10. The van der Waals surface area contributed by atoms with Crippen LogP contribution in [0.15, 0.2) is 54.6 Å². The quantitative estimate of drug-likeness (QED) is 0.514. The predicted molar refractivity (Wildman–Crippen MR) is 130 cm³/mol. The highest BCUT2D eigenvalue weighted by Crippen LogP contribution is 2.46. The summed E-state index contributed by atoms with van der Waals surface area (Å²) < 4.78 is 29.7. The molecule has 2 amide bonds. The summed E-state index contributed by atoms with van der Waals surface area (Å²) in [5.41, 5.74) is 1.88. The average molecular weight is 499 g/mol. The van der Waals surface area contributed by atoms with Gasteiger partial charge in [0.2, 0.25) is 5.91 Å². The van der Waals surface area contributed by atoms with Gasteiger partial charge in [-0.3, -0.25) is 9.59 Å². The first-order valence-electron chi connectivity index (χ1n) is 10.7. The zero-order valence-corrected chi connectivity index (χ0v) is 20.4. The molecule has 35 heavy (non-hydrogen) atoms. The number of ether oxygens (including phenoxy) is 3. The van der Waals surface area contributed by atoms with Crippen molar-refractivity contribution in [2.45, 2.75) is 12.0 Å². The van der Waals surface area contributed by atoms with Gasteiger partial charge in [-0.05, 0) is 53.6 Å². The third-order valence-corrected chi connectivity index (χ3v) is 6.39. The number of nitrogens with zero attached hydrogens (tertiary/aromatic N) is 1. The third kappa shape index (κ3) is 4.49. The highest BCUT2D eigenvalue weighted by atomic mass is 35.5. The van der Waals surface area contributed by atoms with Gasteiger partial charge in [-0.1, -0.05) is 23.7 Å². The molecule has 0 aromatic heterocycles. The van der Waals surface area contributed by atoms with Crippen LogP contribution in [0.2, 0.25) is 5.02 Å². The standard InChI is InChI=1S/C26H24ClFN2O5/c1-30-24(14-5-8-16(33-2)9-6-14)23(25(31)29-15-7-10-20(28)19(27)11-15)17-12-21(34-3)22(35-4)13-18(17)26(30)32/h5-13,23-24H,1-4H3,(H,29,31)/t23-,24+/m1/s1. The molecular formula is C26H24ClFN2O5. The van der Waals surface area contributed by atoms with Crippen molar-refractivity contribution in [2.24, 2.45) is 0 Å². The van der Waals surface area contributed by atoms with E-state index >= 15 is 0 Å². The molecule has 1 heterocycles. The van der Waals surface area contributed by atoms with E-state index in [0.29, 0.717) is 34.1 Å². The molecule has 0 unspecified atom stereocenters. The molecule has 0 saturated heterocycles. The van der Waals surface area contributed by atoms with Gasteiger partial charge < -0.3 is 24.4 Å². The van der Waals surface area contributed by atoms with Crippen molar-refractivity contribution in [3.63, 3.8) is 0 Å². The number of anilines is 1. The Morgan fingerprint density at radius 2 is 1.63 bits per heavy atom. The fraction of sp³-hybridized carbons (Fsp3) is 0.231. The number of amides is 2. The van der Waals surface area contributed by atoms with E-state index in [0.717, 1.165) is 5.56 Å². The van der Waals surface area contributed by atoms with Crippen LogP contribution in [-0.4, -0.2) is 45.1 Å². The number of hydrogen-bond donors (Lipinski definition) is 1. The maximum absolute atomic E-state index is 13.8. The normalized spacial score (nSPS) is 17.0. The maximum atomic E-state index is 13.8. The Hall–Kier alpha value is -3.78. The number of carbonyl (C=O) groups is 2. The van der Waals surface area contributed by atoms with Gasteiger partial charge in [0.05, 0.1) is 38.3 Å². The van der Waals surface area contributed by atoms with Crippen LogP contribution in [0, 0.1) is 5.82 Å². The Morgan fingerprint density at radius 3 is 2.23 bits per heavy atom. The summed E-state index contributed by atoms with van der Waals surface area (Å²) >= 11 is 5.91. The number of likely N-dealkylation sites (N-methyl/N-ethyl adjacent to an activating group) is 1. The molecule has 3 aromatic rings. The molecule has 4 rings (SSSR count). The molecule has 1 aliphatic heterocycles. The summed E-state index contributed by atoms with van der Waals surface area (Å²) in [6, 6.07) is 13.7. The van der Waals surface area contributed by atoms with Gasteiger partial charge in [0.25, 0.3) is 5.91 Å². The van der Waals surface area contributed by atoms with Crippen LogP contribution in [0.3, 0.4) is 0 Å². The second-order valence-corrected chi connectivity index (χ2v) is 8.43. The summed E-state index contributed by atoms with van der Waals surface area (Å²) in [7, 11) is 6.17. The Balaban J connectivity index is 1.86. The number of halogens is 2. The predicted octanol–water partition coefficient (Wildman–Crippen LogP) is 5.05. The molecule has 0 aliphatic carbocycles. The van der Waals surface area contributed by atoms with Crippen LogP contribution < -0.4 is 19.5 Å². The molecule has 0 spiro atoms. The average Bonchev–Trinajstić information content (AvgIpc) is 2.87. The molecule has 0 radical (unpaired) electrons. The highest BCUT2D eigenvalue weighted by molar-refractivity contribution is 6.31. The first-order chi connectivity index (χ1) is 16.8. The number of rotatable bonds is 6. The maximum Gasteiger partial charge on any atom is 0.254 e. The second kappa shape index (κ2) is 9.84. The lowest BCUT2D eigenvalue weighted by Gasteiger charge is -2.40. The molecule has 9 heteroatoms. The van der Waals surface area contributed by atoms with Crippen molar-refractivity contribution in [3.8, 4) is 17.2 Å². The van der Waals surface area contributed by atoms with E-state index in [4.69, 9.17) is 25.8 Å². The highest BCUT2D eigenvalue weighted by Gasteiger charge is 2.43.